The number of carbonyl (C=O) groups excluding carboxylic acids is 1. The van der Waals surface area contributed by atoms with Gasteiger partial charge in [-0.3, -0.25) is 4.79 Å². The van der Waals surface area contributed by atoms with Gasteiger partial charge < -0.3 is 10.5 Å². The van der Waals surface area contributed by atoms with Gasteiger partial charge >= 0.3 is 0 Å². The van der Waals surface area contributed by atoms with Gasteiger partial charge in [-0.25, -0.2) is 13.8 Å². The van der Waals surface area contributed by atoms with Gasteiger partial charge in [-0.2, -0.15) is 0 Å². The second kappa shape index (κ2) is 8.50. The normalized spacial score (nSPS) is 31.5. The molecule has 2 N–H and O–H groups in total. The Morgan fingerprint density at radius 3 is 2.82 bits per heavy atom. The molecule has 5 atom stereocenters. The van der Waals surface area contributed by atoms with E-state index < -0.39 is 5.82 Å². The maximum Gasteiger partial charge on any atom is 0.225 e. The zero-order valence-electron chi connectivity index (χ0n) is 18.7. The second-order valence-corrected chi connectivity index (χ2v) is 10.1. The molecular weight excluding hydrogens is 424 g/mol. The predicted octanol–water partition coefficient (Wildman–Crippen LogP) is 5.69. The zero-order valence-corrected chi connectivity index (χ0v) is 18.7. The fourth-order valence-electron chi connectivity index (χ4n) is 7.02. The summed E-state index contributed by atoms with van der Waals surface area (Å²) in [7, 11) is 0. The molecular formula is C26H29F2N3O2. The van der Waals surface area contributed by atoms with E-state index in [-0.39, 0.29) is 23.1 Å². The van der Waals surface area contributed by atoms with Gasteiger partial charge in [0.1, 0.15) is 17.5 Å². The van der Waals surface area contributed by atoms with Crippen LogP contribution in [0.1, 0.15) is 62.5 Å². The highest BCUT2D eigenvalue weighted by Gasteiger charge is 2.57. The van der Waals surface area contributed by atoms with Crippen molar-refractivity contribution in [3.05, 3.63) is 59.3 Å². The number of nitrogens with zero attached hydrogens (tertiary/aromatic N) is 2. The summed E-state index contributed by atoms with van der Waals surface area (Å²) in [6.07, 6.45) is 6.56. The predicted molar refractivity (Wildman–Crippen MR) is 121 cm³/mol. The van der Waals surface area contributed by atoms with Crippen LogP contribution in [0.4, 0.5) is 14.6 Å². The Hall–Kier alpha value is -2.83. The SMILES string of the molecule is C[C@]12CCC3c4ccc(F)cc4CCC3C1[C@H](CCC(=O)Nc1ccc(F)cn1)C/C2=N\O. The number of oxime groups is 1. The Balaban J connectivity index is 1.34. The van der Waals surface area contributed by atoms with Crippen LogP contribution in [0.15, 0.2) is 41.7 Å². The number of aromatic nitrogens is 1. The lowest BCUT2D eigenvalue weighted by Crippen LogP contribution is -2.44. The van der Waals surface area contributed by atoms with Gasteiger partial charge in [0.05, 0.1) is 11.9 Å². The molecule has 33 heavy (non-hydrogen) atoms. The molecule has 174 valence electrons. The lowest BCUT2D eigenvalue weighted by Gasteiger charge is -2.50. The second-order valence-electron chi connectivity index (χ2n) is 10.1. The third-order valence-corrected chi connectivity index (χ3v) is 8.42. The number of amides is 1. The number of halogens is 2. The summed E-state index contributed by atoms with van der Waals surface area (Å²) in [6, 6.07) is 7.92. The summed E-state index contributed by atoms with van der Waals surface area (Å²) in [5.74, 6) is 0.921. The molecule has 0 spiro atoms. The Morgan fingerprint density at radius 2 is 2.06 bits per heavy atom. The molecule has 0 bridgehead atoms. The van der Waals surface area contributed by atoms with Crippen LogP contribution < -0.4 is 5.32 Å². The molecule has 5 rings (SSSR count). The van der Waals surface area contributed by atoms with Crippen molar-refractivity contribution in [1.29, 1.82) is 0 Å². The average molecular weight is 454 g/mol. The highest BCUT2D eigenvalue weighted by molar-refractivity contribution is 5.93. The van der Waals surface area contributed by atoms with Crippen LogP contribution in [0.5, 0.6) is 0 Å². The molecule has 1 amide bonds. The summed E-state index contributed by atoms with van der Waals surface area (Å²) in [4.78, 5) is 16.5. The first-order valence-electron chi connectivity index (χ1n) is 11.8. The number of pyridine rings is 1. The van der Waals surface area contributed by atoms with Crippen LogP contribution in [0.2, 0.25) is 0 Å². The molecule has 7 heteroatoms. The van der Waals surface area contributed by atoms with Crippen molar-refractivity contribution in [3.8, 4) is 0 Å². The smallest absolute Gasteiger partial charge is 0.225 e. The maximum absolute atomic E-state index is 13.8. The van der Waals surface area contributed by atoms with E-state index >= 15 is 0 Å². The van der Waals surface area contributed by atoms with Crippen molar-refractivity contribution >= 4 is 17.4 Å². The Bertz CT molecular complexity index is 1090. The molecule has 5 nitrogen and oxygen atoms in total. The number of aryl methyl sites for hydroxylation is 1. The first kappa shape index (κ1) is 22.0. The molecule has 0 radical (unpaired) electrons. The number of nitrogens with one attached hydrogen (secondary N) is 1. The number of benzene rings is 1. The number of hydrogen-bond acceptors (Lipinski definition) is 4. The zero-order chi connectivity index (χ0) is 23.2. The van der Waals surface area contributed by atoms with E-state index in [1.807, 2.05) is 6.07 Å². The number of hydrogen-bond donors (Lipinski definition) is 2. The summed E-state index contributed by atoms with van der Waals surface area (Å²) >= 11 is 0. The average Bonchev–Trinajstić information content (AvgIpc) is 3.10. The fraction of sp³-hybridized carbons (Fsp3) is 0.500. The molecule has 1 aromatic heterocycles. The van der Waals surface area contributed by atoms with Crippen LogP contribution in [0.3, 0.4) is 0 Å². The Kier molecular flexibility index (Phi) is 5.67. The largest absolute Gasteiger partial charge is 0.411 e. The monoisotopic (exact) mass is 453 g/mol. The van der Waals surface area contributed by atoms with Crippen molar-refractivity contribution in [2.45, 2.75) is 57.8 Å². The maximum atomic E-state index is 13.8. The van der Waals surface area contributed by atoms with Gasteiger partial charge in [0.25, 0.3) is 0 Å². The van der Waals surface area contributed by atoms with E-state index in [0.29, 0.717) is 42.8 Å². The van der Waals surface area contributed by atoms with Crippen molar-refractivity contribution in [2.24, 2.45) is 28.3 Å². The van der Waals surface area contributed by atoms with Gasteiger partial charge in [0, 0.05) is 11.8 Å². The van der Waals surface area contributed by atoms with Crippen LogP contribution in [-0.2, 0) is 11.2 Å². The standard InChI is InChI=1S/C26H29F2N3O2/c1-26-11-10-20-19-7-4-17(27)12-15(19)2-6-21(20)25(26)16(13-22(26)31-33)3-9-24(32)30-23-8-5-18(28)14-29-23/h4-5,7-8,12,14,16,20-21,25,33H,2-3,6,9-11,13H2,1H3,(H,29,30,32)/b31-22+/t16-,20?,21?,25?,26-/m1/s1. The van der Waals surface area contributed by atoms with E-state index in [1.54, 1.807) is 12.1 Å². The third kappa shape index (κ3) is 3.91. The first-order valence-corrected chi connectivity index (χ1v) is 11.8. The van der Waals surface area contributed by atoms with Gasteiger partial charge in [-0.1, -0.05) is 18.1 Å². The highest BCUT2D eigenvalue weighted by atomic mass is 19.1. The van der Waals surface area contributed by atoms with E-state index in [4.69, 9.17) is 0 Å². The molecule has 2 fully saturated rings. The third-order valence-electron chi connectivity index (χ3n) is 8.42. The van der Waals surface area contributed by atoms with E-state index in [9.17, 15) is 18.8 Å². The van der Waals surface area contributed by atoms with E-state index in [0.717, 1.165) is 43.2 Å². The Morgan fingerprint density at radius 1 is 1.24 bits per heavy atom. The van der Waals surface area contributed by atoms with Crippen LogP contribution in [0.25, 0.3) is 0 Å². The molecule has 0 aliphatic heterocycles. The molecule has 1 heterocycles. The van der Waals surface area contributed by atoms with Gasteiger partial charge in [0.2, 0.25) is 5.91 Å². The lowest BCUT2D eigenvalue weighted by atomic mass is 9.54. The minimum Gasteiger partial charge on any atom is -0.411 e. The molecule has 3 aliphatic carbocycles. The number of carbonyl (C=O) groups is 1. The topological polar surface area (TPSA) is 74.6 Å². The molecule has 3 aliphatic rings. The fourth-order valence-corrected chi connectivity index (χ4v) is 7.02. The first-order chi connectivity index (χ1) is 15.9. The lowest BCUT2D eigenvalue weighted by molar-refractivity contribution is -0.116. The van der Waals surface area contributed by atoms with Gasteiger partial charge in [-0.15, -0.1) is 0 Å². The van der Waals surface area contributed by atoms with Crippen LogP contribution in [0, 0.1) is 34.8 Å². The molecule has 1 aromatic carbocycles. The minimum atomic E-state index is -0.447. The molecule has 0 saturated heterocycles. The number of fused-ring (bicyclic) bond motifs is 5. The summed E-state index contributed by atoms with van der Waals surface area (Å²) < 4.78 is 26.9. The molecule has 2 saturated carbocycles. The number of anilines is 1. The van der Waals surface area contributed by atoms with E-state index in [2.05, 4.69) is 22.4 Å². The molecule has 3 unspecified atom stereocenters. The van der Waals surface area contributed by atoms with E-state index in [1.165, 1.54) is 17.7 Å². The quantitative estimate of drug-likeness (QED) is 0.461. The Labute approximate surface area is 192 Å². The van der Waals surface area contributed by atoms with Crippen molar-refractivity contribution < 1.29 is 18.8 Å². The van der Waals surface area contributed by atoms with Gasteiger partial charge in [0.15, 0.2) is 0 Å². The number of rotatable bonds is 4. The highest BCUT2D eigenvalue weighted by Crippen LogP contribution is 2.62. The molecule has 2 aromatic rings. The van der Waals surface area contributed by atoms with Gasteiger partial charge in [-0.05, 0) is 97.6 Å². The summed E-state index contributed by atoms with van der Waals surface area (Å²) in [6.45, 7) is 2.21. The van der Waals surface area contributed by atoms with Crippen LogP contribution >= 0.6 is 0 Å². The van der Waals surface area contributed by atoms with Crippen molar-refractivity contribution in [2.75, 3.05) is 5.32 Å². The summed E-state index contributed by atoms with van der Waals surface area (Å²) in [5, 5.41) is 16.2. The minimum absolute atomic E-state index is 0.151. The van der Waals surface area contributed by atoms with Crippen molar-refractivity contribution in [3.63, 3.8) is 0 Å². The van der Waals surface area contributed by atoms with Crippen LogP contribution in [-0.4, -0.2) is 21.8 Å². The van der Waals surface area contributed by atoms with Crippen molar-refractivity contribution in [1.82, 2.24) is 4.98 Å². The summed E-state index contributed by atoms with van der Waals surface area (Å²) in [5.41, 5.74) is 3.06.